The average Bonchev–Trinajstić information content (AvgIpc) is 3.43. The molecule has 3 N–H and O–H groups in total. The molecule has 0 bridgehead atoms. The topological polar surface area (TPSA) is 121 Å². The van der Waals surface area contributed by atoms with E-state index in [9.17, 15) is 22.8 Å². The molecule has 0 atom stereocenters. The van der Waals surface area contributed by atoms with Crippen LogP contribution in [0.2, 0.25) is 0 Å². The van der Waals surface area contributed by atoms with Gasteiger partial charge in [-0.1, -0.05) is 0 Å². The second-order valence-electron chi connectivity index (χ2n) is 7.39. The van der Waals surface area contributed by atoms with Gasteiger partial charge in [0, 0.05) is 42.9 Å². The molecule has 0 unspecified atom stereocenters. The number of hydrogen-bond acceptors (Lipinski definition) is 6. The van der Waals surface area contributed by atoms with Gasteiger partial charge in [0.05, 0.1) is 22.6 Å². The van der Waals surface area contributed by atoms with Gasteiger partial charge in [0.15, 0.2) is 0 Å². The first-order valence-corrected chi connectivity index (χ1v) is 11.4. The number of halogens is 4. The Bertz CT molecular complexity index is 1420. The van der Waals surface area contributed by atoms with E-state index in [-0.39, 0.29) is 39.3 Å². The van der Waals surface area contributed by atoms with E-state index >= 15 is 0 Å². The van der Waals surface area contributed by atoms with Crippen molar-refractivity contribution in [1.82, 2.24) is 24.5 Å². The summed E-state index contributed by atoms with van der Waals surface area (Å²) in [5, 5.41) is 11.0. The van der Waals surface area contributed by atoms with Crippen LogP contribution in [-0.2, 0) is 24.6 Å². The third kappa shape index (κ3) is 4.55. The maximum atomic E-state index is 13.6. The maximum absolute atomic E-state index is 13.6. The van der Waals surface area contributed by atoms with Crippen LogP contribution in [0.1, 0.15) is 27.5 Å². The first-order chi connectivity index (χ1) is 16.0. The van der Waals surface area contributed by atoms with Crippen LogP contribution < -0.4 is 11.1 Å². The van der Waals surface area contributed by atoms with Crippen molar-refractivity contribution in [2.75, 3.05) is 5.32 Å². The van der Waals surface area contributed by atoms with Gasteiger partial charge in [-0.05, 0) is 34.5 Å². The molecule has 0 fully saturated rings. The summed E-state index contributed by atoms with van der Waals surface area (Å²) < 4.78 is 44.6. The number of anilines is 1. The Morgan fingerprint density at radius 2 is 1.97 bits per heavy atom. The van der Waals surface area contributed by atoms with Crippen LogP contribution in [0.25, 0.3) is 21.3 Å². The fourth-order valence-corrected chi connectivity index (χ4v) is 4.73. The maximum Gasteiger partial charge on any atom is 0.433 e. The molecule has 0 saturated carbocycles. The van der Waals surface area contributed by atoms with Crippen LogP contribution in [0, 0.1) is 6.92 Å². The summed E-state index contributed by atoms with van der Waals surface area (Å²) >= 11 is 3.96. The van der Waals surface area contributed by atoms with Gasteiger partial charge in [-0.2, -0.15) is 23.4 Å². The first kappa shape index (κ1) is 23.9. The van der Waals surface area contributed by atoms with E-state index in [4.69, 9.17) is 5.73 Å². The number of amides is 2. The lowest BCUT2D eigenvalue weighted by Gasteiger charge is -2.12. The van der Waals surface area contributed by atoms with E-state index in [1.165, 1.54) is 10.9 Å². The minimum Gasteiger partial charge on any atom is -0.365 e. The molecule has 34 heavy (non-hydrogen) atoms. The summed E-state index contributed by atoms with van der Waals surface area (Å²) in [7, 11) is 1.65. The molecule has 2 amide bonds. The Morgan fingerprint density at radius 3 is 2.53 bits per heavy atom. The van der Waals surface area contributed by atoms with Crippen LogP contribution in [0.3, 0.4) is 0 Å². The van der Waals surface area contributed by atoms with Gasteiger partial charge < -0.3 is 11.1 Å². The van der Waals surface area contributed by atoms with Crippen LogP contribution in [0.4, 0.5) is 18.9 Å². The third-order valence-electron chi connectivity index (χ3n) is 5.14. The third-order valence-corrected chi connectivity index (χ3v) is 6.64. The zero-order chi connectivity index (χ0) is 24.8. The number of fused-ring (bicyclic) bond motifs is 1. The molecule has 4 aromatic heterocycles. The Hall–Kier alpha value is -3.26. The van der Waals surface area contributed by atoms with Crippen LogP contribution >= 0.6 is 27.3 Å². The quantitative estimate of drug-likeness (QED) is 0.371. The van der Waals surface area contributed by atoms with Gasteiger partial charge in [-0.3, -0.25) is 19.0 Å². The molecular formula is C20H17BrF3N7O2S. The van der Waals surface area contributed by atoms with Crippen LogP contribution in [0.5, 0.6) is 0 Å². The minimum absolute atomic E-state index is 0.00101. The largest absolute Gasteiger partial charge is 0.433 e. The fourth-order valence-electron chi connectivity index (χ4n) is 3.39. The molecule has 0 aliphatic carbocycles. The van der Waals surface area contributed by atoms with E-state index < -0.39 is 23.7 Å². The molecule has 0 aliphatic heterocycles. The highest BCUT2D eigenvalue weighted by atomic mass is 79.9. The lowest BCUT2D eigenvalue weighted by Crippen LogP contribution is -2.18. The number of aryl methyl sites for hydroxylation is 2. The standard InChI is InChI=1S/C20H17BrF3N7O2S/c1-9-12(7-26-30(9)2)11-5-13(20(22,23)24)28-19-15(11)16(17(34-19)18(25)33)29-14(32)3-4-31-8-10(21)6-27-31/h5-8H,3-4H2,1-2H3,(H2,25,33)(H,29,32). The molecular weight excluding hydrogens is 539 g/mol. The number of aromatic nitrogens is 5. The Morgan fingerprint density at radius 1 is 1.24 bits per heavy atom. The van der Waals surface area contributed by atoms with Crippen molar-refractivity contribution in [3.63, 3.8) is 0 Å². The SMILES string of the molecule is Cc1c(-c2cc(C(F)(F)F)nc3sc(C(N)=O)c(NC(=O)CCn4cc(Br)cn4)c23)cnn1C. The number of thiophene rings is 1. The normalized spacial score (nSPS) is 11.8. The van der Waals surface area contributed by atoms with E-state index in [0.717, 1.165) is 10.5 Å². The average molecular weight is 556 g/mol. The highest BCUT2D eigenvalue weighted by Crippen LogP contribution is 2.44. The van der Waals surface area contributed by atoms with Crippen LogP contribution in [-0.4, -0.2) is 36.4 Å². The number of carbonyl (C=O) groups is 2. The number of nitrogens with zero attached hydrogens (tertiary/aromatic N) is 5. The molecule has 0 aromatic carbocycles. The van der Waals surface area contributed by atoms with Crippen molar-refractivity contribution >= 4 is 55.0 Å². The van der Waals surface area contributed by atoms with Gasteiger partial charge in [0.25, 0.3) is 5.91 Å². The minimum atomic E-state index is -4.72. The number of carbonyl (C=O) groups excluding carboxylic acids is 2. The molecule has 4 rings (SSSR count). The van der Waals surface area contributed by atoms with Crippen LogP contribution in [0.15, 0.2) is 29.1 Å². The molecule has 0 radical (unpaired) electrons. The Kier molecular flexibility index (Phi) is 6.20. The number of pyridine rings is 1. The zero-order valence-electron chi connectivity index (χ0n) is 17.8. The lowest BCUT2D eigenvalue weighted by molar-refractivity contribution is -0.140. The summed E-state index contributed by atoms with van der Waals surface area (Å²) in [6, 6.07) is 0.890. The predicted molar refractivity (Wildman–Crippen MR) is 123 cm³/mol. The highest BCUT2D eigenvalue weighted by molar-refractivity contribution is 9.10. The van der Waals surface area contributed by atoms with E-state index in [2.05, 4.69) is 36.4 Å². The predicted octanol–water partition coefficient (Wildman–Crippen LogP) is 4.11. The summed E-state index contributed by atoms with van der Waals surface area (Å²) in [5.74, 6) is -1.36. The molecule has 0 saturated heterocycles. The number of primary amides is 1. The number of alkyl halides is 3. The van der Waals surface area contributed by atoms with Gasteiger partial charge in [0.2, 0.25) is 5.91 Å². The number of nitrogens with one attached hydrogen (secondary N) is 1. The number of nitrogens with two attached hydrogens (primary N) is 1. The summed E-state index contributed by atoms with van der Waals surface area (Å²) in [6.07, 6.45) is -0.0424. The summed E-state index contributed by atoms with van der Waals surface area (Å²) in [5.41, 5.74) is 5.54. The van der Waals surface area contributed by atoms with E-state index in [1.54, 1.807) is 31.0 Å². The Labute approximate surface area is 202 Å². The molecule has 0 aliphatic rings. The summed E-state index contributed by atoms with van der Waals surface area (Å²) in [4.78, 5) is 28.4. The smallest absolute Gasteiger partial charge is 0.365 e. The highest BCUT2D eigenvalue weighted by Gasteiger charge is 2.35. The van der Waals surface area contributed by atoms with Gasteiger partial charge in [-0.25, -0.2) is 4.98 Å². The van der Waals surface area contributed by atoms with E-state index in [0.29, 0.717) is 22.6 Å². The zero-order valence-corrected chi connectivity index (χ0v) is 20.2. The van der Waals surface area contributed by atoms with Crippen molar-refractivity contribution in [3.05, 3.63) is 45.4 Å². The molecule has 9 nitrogen and oxygen atoms in total. The molecule has 4 heterocycles. The summed E-state index contributed by atoms with van der Waals surface area (Å²) in [6.45, 7) is 1.94. The molecule has 0 spiro atoms. The van der Waals surface area contributed by atoms with Crippen molar-refractivity contribution in [1.29, 1.82) is 0 Å². The lowest BCUT2D eigenvalue weighted by atomic mass is 10.0. The first-order valence-electron chi connectivity index (χ1n) is 9.77. The second kappa shape index (κ2) is 8.83. The van der Waals surface area contributed by atoms with Crippen molar-refractivity contribution in [2.45, 2.75) is 26.1 Å². The van der Waals surface area contributed by atoms with E-state index in [1.807, 2.05) is 0 Å². The molecule has 14 heteroatoms. The van der Waals surface area contributed by atoms with Crippen molar-refractivity contribution < 1.29 is 22.8 Å². The number of rotatable bonds is 6. The fraction of sp³-hybridized carbons (Fsp3) is 0.250. The van der Waals surface area contributed by atoms with Gasteiger partial charge >= 0.3 is 6.18 Å². The molecule has 4 aromatic rings. The van der Waals surface area contributed by atoms with Gasteiger partial charge in [-0.15, -0.1) is 11.3 Å². The van der Waals surface area contributed by atoms with Gasteiger partial charge in [0.1, 0.15) is 15.4 Å². The van der Waals surface area contributed by atoms with Crippen molar-refractivity contribution in [2.24, 2.45) is 12.8 Å². The Balaban J connectivity index is 1.84. The van der Waals surface area contributed by atoms with Crippen molar-refractivity contribution in [3.8, 4) is 11.1 Å². The molecule has 178 valence electrons. The number of hydrogen-bond donors (Lipinski definition) is 2. The monoisotopic (exact) mass is 555 g/mol. The second-order valence-corrected chi connectivity index (χ2v) is 9.31.